The van der Waals surface area contributed by atoms with E-state index in [-0.39, 0.29) is 18.2 Å². The van der Waals surface area contributed by atoms with Crippen LogP contribution in [0.5, 0.6) is 0 Å². The van der Waals surface area contributed by atoms with Gasteiger partial charge in [-0.1, -0.05) is 11.2 Å². The van der Waals surface area contributed by atoms with Gasteiger partial charge in [0.2, 0.25) is 17.6 Å². The quantitative estimate of drug-likeness (QED) is 0.850. The molecule has 0 aliphatic carbocycles. The lowest BCUT2D eigenvalue weighted by Crippen LogP contribution is -2.39. The van der Waals surface area contributed by atoms with Gasteiger partial charge < -0.3 is 14.5 Å². The smallest absolute Gasteiger partial charge is 0.303 e. The molecular formula is C17H20N4O4. The van der Waals surface area contributed by atoms with Gasteiger partial charge in [-0.3, -0.25) is 14.6 Å². The first-order chi connectivity index (χ1) is 12.1. The highest BCUT2D eigenvalue weighted by atomic mass is 16.5. The molecule has 8 nitrogen and oxygen atoms in total. The number of likely N-dealkylation sites (tertiary alicyclic amines) is 1. The number of aryl methyl sites for hydroxylation is 1. The lowest BCUT2D eigenvalue weighted by molar-refractivity contribution is -0.138. The van der Waals surface area contributed by atoms with Crippen LogP contribution < -0.4 is 0 Å². The number of carboxylic acid groups (broad SMARTS) is 1. The summed E-state index contributed by atoms with van der Waals surface area (Å²) in [5, 5.41) is 12.7. The summed E-state index contributed by atoms with van der Waals surface area (Å²) in [6, 6.07) is 5.44. The van der Waals surface area contributed by atoms with E-state index in [9.17, 15) is 9.59 Å². The van der Waals surface area contributed by atoms with Crippen molar-refractivity contribution in [3.63, 3.8) is 0 Å². The Balaban J connectivity index is 1.47. The van der Waals surface area contributed by atoms with Gasteiger partial charge in [-0.2, -0.15) is 4.98 Å². The Morgan fingerprint density at radius 2 is 2.08 bits per heavy atom. The van der Waals surface area contributed by atoms with Crippen LogP contribution in [0.1, 0.15) is 31.6 Å². The van der Waals surface area contributed by atoms with E-state index >= 15 is 0 Å². The third kappa shape index (κ3) is 4.62. The Morgan fingerprint density at radius 1 is 1.28 bits per heavy atom. The second kappa shape index (κ2) is 7.87. The number of pyridine rings is 1. The van der Waals surface area contributed by atoms with Crippen molar-refractivity contribution in [2.45, 2.75) is 32.1 Å². The molecule has 1 aliphatic rings. The summed E-state index contributed by atoms with van der Waals surface area (Å²) in [4.78, 5) is 33.2. The maximum atomic E-state index is 12.3. The fraction of sp³-hybridized carbons (Fsp3) is 0.471. The maximum Gasteiger partial charge on any atom is 0.303 e. The minimum Gasteiger partial charge on any atom is -0.481 e. The minimum atomic E-state index is -0.773. The van der Waals surface area contributed by atoms with Crippen molar-refractivity contribution < 1.29 is 19.2 Å². The van der Waals surface area contributed by atoms with Crippen LogP contribution in [0.25, 0.3) is 11.5 Å². The van der Waals surface area contributed by atoms with Gasteiger partial charge in [-0.15, -0.1) is 0 Å². The van der Waals surface area contributed by atoms with Crippen LogP contribution in [0.15, 0.2) is 28.9 Å². The van der Waals surface area contributed by atoms with Gasteiger partial charge in [0.1, 0.15) is 5.69 Å². The number of aliphatic carboxylic acids is 1. The Kier molecular flexibility index (Phi) is 5.37. The average Bonchev–Trinajstić information content (AvgIpc) is 3.10. The number of hydrogen-bond donors (Lipinski definition) is 1. The van der Waals surface area contributed by atoms with Crippen LogP contribution in [0.4, 0.5) is 0 Å². The summed E-state index contributed by atoms with van der Waals surface area (Å²) >= 11 is 0. The van der Waals surface area contributed by atoms with Crippen molar-refractivity contribution >= 4 is 11.9 Å². The number of amides is 1. The molecule has 1 fully saturated rings. The normalized spacial score (nSPS) is 15.3. The number of aromatic nitrogens is 3. The predicted octanol–water partition coefficient (Wildman–Crippen LogP) is 1.78. The number of nitrogens with zero attached hydrogens (tertiary/aromatic N) is 4. The van der Waals surface area contributed by atoms with Crippen LogP contribution in [-0.2, 0) is 16.0 Å². The first-order valence-corrected chi connectivity index (χ1v) is 8.35. The van der Waals surface area contributed by atoms with E-state index in [1.807, 2.05) is 12.1 Å². The standard InChI is InChI=1S/C17H20N4O4/c22-15(21-9-6-12(7-10-21)11-16(23)24)5-4-14-19-17(20-25-14)13-3-1-2-8-18-13/h1-3,8,12H,4-7,9-11H2,(H,23,24). The lowest BCUT2D eigenvalue weighted by atomic mass is 9.93. The van der Waals surface area contributed by atoms with Crippen LogP contribution in [-0.4, -0.2) is 50.1 Å². The van der Waals surface area contributed by atoms with Gasteiger partial charge in [0.25, 0.3) is 0 Å². The molecule has 1 amide bonds. The van der Waals surface area contributed by atoms with Gasteiger partial charge in [0.15, 0.2) is 0 Å². The second-order valence-corrected chi connectivity index (χ2v) is 6.15. The highest BCUT2D eigenvalue weighted by Gasteiger charge is 2.24. The number of carbonyl (C=O) groups is 2. The number of piperidine rings is 1. The Morgan fingerprint density at radius 3 is 2.76 bits per heavy atom. The number of rotatable bonds is 6. The molecule has 0 spiro atoms. The zero-order valence-corrected chi connectivity index (χ0v) is 13.8. The molecule has 8 heteroatoms. The van der Waals surface area contributed by atoms with Crippen LogP contribution in [0.2, 0.25) is 0 Å². The van der Waals surface area contributed by atoms with Gasteiger partial charge in [-0.25, -0.2) is 0 Å². The molecular weight excluding hydrogens is 324 g/mol. The van der Waals surface area contributed by atoms with Gasteiger partial charge in [0, 0.05) is 38.5 Å². The lowest BCUT2D eigenvalue weighted by Gasteiger charge is -2.31. The van der Waals surface area contributed by atoms with Gasteiger partial charge in [-0.05, 0) is 30.9 Å². The first-order valence-electron chi connectivity index (χ1n) is 8.35. The van der Waals surface area contributed by atoms with E-state index in [1.54, 1.807) is 17.2 Å². The number of carboxylic acids is 1. The Bertz CT molecular complexity index is 723. The molecule has 1 aliphatic heterocycles. The monoisotopic (exact) mass is 344 g/mol. The molecule has 1 saturated heterocycles. The molecule has 0 radical (unpaired) electrons. The molecule has 0 atom stereocenters. The van der Waals surface area contributed by atoms with E-state index in [0.717, 1.165) is 12.8 Å². The third-order valence-corrected chi connectivity index (χ3v) is 4.35. The van der Waals surface area contributed by atoms with Crippen molar-refractivity contribution in [2.75, 3.05) is 13.1 Å². The highest BCUT2D eigenvalue weighted by molar-refractivity contribution is 5.76. The van der Waals surface area contributed by atoms with Crippen LogP contribution in [0.3, 0.4) is 0 Å². The summed E-state index contributed by atoms with van der Waals surface area (Å²) in [6.45, 7) is 1.22. The summed E-state index contributed by atoms with van der Waals surface area (Å²) in [6.07, 6.45) is 4.00. The van der Waals surface area contributed by atoms with E-state index in [4.69, 9.17) is 9.63 Å². The number of hydrogen-bond acceptors (Lipinski definition) is 6. The van der Waals surface area contributed by atoms with Crippen molar-refractivity contribution in [3.8, 4) is 11.5 Å². The van der Waals surface area contributed by atoms with E-state index < -0.39 is 5.97 Å². The van der Waals surface area contributed by atoms with Crippen molar-refractivity contribution in [1.82, 2.24) is 20.0 Å². The molecule has 3 heterocycles. The van der Waals surface area contributed by atoms with E-state index in [2.05, 4.69) is 15.1 Å². The highest BCUT2D eigenvalue weighted by Crippen LogP contribution is 2.21. The zero-order valence-electron chi connectivity index (χ0n) is 13.8. The predicted molar refractivity (Wildman–Crippen MR) is 87.4 cm³/mol. The zero-order chi connectivity index (χ0) is 17.6. The summed E-state index contributed by atoms with van der Waals surface area (Å²) < 4.78 is 5.18. The average molecular weight is 344 g/mol. The van der Waals surface area contributed by atoms with Crippen LogP contribution >= 0.6 is 0 Å². The van der Waals surface area contributed by atoms with Gasteiger partial charge in [0.05, 0.1) is 0 Å². The van der Waals surface area contributed by atoms with Crippen molar-refractivity contribution in [2.24, 2.45) is 5.92 Å². The summed E-state index contributed by atoms with van der Waals surface area (Å²) in [5.41, 5.74) is 0.629. The van der Waals surface area contributed by atoms with Gasteiger partial charge >= 0.3 is 5.97 Å². The topological polar surface area (TPSA) is 109 Å². The van der Waals surface area contributed by atoms with Crippen molar-refractivity contribution in [1.29, 1.82) is 0 Å². The maximum absolute atomic E-state index is 12.3. The molecule has 3 rings (SSSR count). The summed E-state index contributed by atoms with van der Waals surface area (Å²) in [5.74, 6) is 0.252. The first kappa shape index (κ1) is 17.1. The van der Waals surface area contributed by atoms with E-state index in [1.165, 1.54) is 0 Å². The SMILES string of the molecule is O=C(O)CC1CCN(C(=O)CCc2nc(-c3ccccn3)no2)CC1. The van der Waals surface area contributed by atoms with E-state index in [0.29, 0.717) is 43.3 Å². The molecule has 0 unspecified atom stereocenters. The molecule has 0 saturated carbocycles. The molecule has 1 N–H and O–H groups in total. The molecule has 2 aromatic heterocycles. The van der Waals surface area contributed by atoms with Crippen LogP contribution in [0, 0.1) is 5.92 Å². The minimum absolute atomic E-state index is 0.0337. The van der Waals surface area contributed by atoms with Crippen molar-refractivity contribution in [3.05, 3.63) is 30.3 Å². The fourth-order valence-corrected chi connectivity index (χ4v) is 2.96. The molecule has 2 aromatic rings. The summed E-state index contributed by atoms with van der Waals surface area (Å²) in [7, 11) is 0. The fourth-order valence-electron chi connectivity index (χ4n) is 2.96. The molecule has 0 aromatic carbocycles. The molecule has 132 valence electrons. The number of carbonyl (C=O) groups excluding carboxylic acids is 1. The molecule has 0 bridgehead atoms. The molecule has 25 heavy (non-hydrogen) atoms. The Hall–Kier alpha value is -2.77. The Labute approximate surface area is 144 Å². The third-order valence-electron chi connectivity index (χ3n) is 4.35. The second-order valence-electron chi connectivity index (χ2n) is 6.15. The largest absolute Gasteiger partial charge is 0.481 e.